The van der Waals surface area contributed by atoms with Gasteiger partial charge in [-0.2, -0.15) is 0 Å². The summed E-state index contributed by atoms with van der Waals surface area (Å²) in [4.78, 5) is 38.0. The van der Waals surface area contributed by atoms with Gasteiger partial charge < -0.3 is 14.2 Å². The maximum atomic E-state index is 12.8. The fourth-order valence-corrected chi connectivity index (χ4v) is 6.58. The molecule has 67 heavy (non-hydrogen) atoms. The van der Waals surface area contributed by atoms with Crippen molar-refractivity contribution in [3.8, 4) is 0 Å². The van der Waals surface area contributed by atoms with Crippen molar-refractivity contribution < 1.29 is 28.6 Å². The summed E-state index contributed by atoms with van der Waals surface area (Å²) in [5.74, 6) is -1.04. The number of carbonyl (C=O) groups excluding carboxylic acids is 3. The highest BCUT2D eigenvalue weighted by atomic mass is 16.6. The number of allylic oxidation sites excluding steroid dienone is 24. The molecule has 0 aromatic rings. The molecule has 1 atom stereocenters. The average Bonchev–Trinajstić information content (AvgIpc) is 3.33. The predicted molar refractivity (Wildman–Crippen MR) is 288 cm³/mol. The molecule has 0 saturated carbocycles. The summed E-state index contributed by atoms with van der Waals surface area (Å²) in [6.07, 6.45) is 77.0. The number of hydrogen-bond donors (Lipinski definition) is 0. The van der Waals surface area contributed by atoms with Crippen LogP contribution in [0, 0.1) is 0 Å². The molecule has 6 nitrogen and oxygen atoms in total. The molecule has 0 rings (SSSR count). The van der Waals surface area contributed by atoms with Crippen molar-refractivity contribution in [3.05, 3.63) is 146 Å². The largest absolute Gasteiger partial charge is 0.462 e. The molecular weight excluding hydrogens is 829 g/mol. The summed E-state index contributed by atoms with van der Waals surface area (Å²) in [6.45, 7) is 6.16. The molecule has 0 aliphatic carbocycles. The molecule has 374 valence electrons. The molecule has 0 saturated heterocycles. The third-order valence-corrected chi connectivity index (χ3v) is 10.5. The molecule has 0 heterocycles. The van der Waals surface area contributed by atoms with Gasteiger partial charge in [-0.05, 0) is 96.3 Å². The number of ether oxygens (including phenoxy) is 3. The molecule has 0 fully saturated rings. The van der Waals surface area contributed by atoms with Crippen molar-refractivity contribution in [1.29, 1.82) is 0 Å². The van der Waals surface area contributed by atoms with E-state index in [2.05, 4.69) is 154 Å². The van der Waals surface area contributed by atoms with Gasteiger partial charge in [0.2, 0.25) is 0 Å². The molecule has 1 unspecified atom stereocenters. The molecule has 0 N–H and O–H groups in total. The van der Waals surface area contributed by atoms with Crippen LogP contribution in [0.2, 0.25) is 0 Å². The van der Waals surface area contributed by atoms with Crippen LogP contribution in [-0.2, 0) is 28.6 Å². The van der Waals surface area contributed by atoms with Crippen LogP contribution in [0.1, 0.15) is 201 Å². The van der Waals surface area contributed by atoms with Crippen LogP contribution in [0.5, 0.6) is 0 Å². The zero-order valence-electron chi connectivity index (χ0n) is 42.6. The summed E-state index contributed by atoms with van der Waals surface area (Å²) in [5, 5.41) is 0. The van der Waals surface area contributed by atoms with Crippen molar-refractivity contribution in [2.75, 3.05) is 13.2 Å². The zero-order chi connectivity index (χ0) is 48.6. The van der Waals surface area contributed by atoms with Gasteiger partial charge in [0.1, 0.15) is 13.2 Å². The Morgan fingerprint density at radius 3 is 1.06 bits per heavy atom. The zero-order valence-corrected chi connectivity index (χ0v) is 42.6. The molecule has 0 bridgehead atoms. The lowest BCUT2D eigenvalue weighted by Crippen LogP contribution is -2.30. The molecule has 0 spiro atoms. The van der Waals surface area contributed by atoms with E-state index in [-0.39, 0.29) is 44.0 Å². The first-order chi connectivity index (χ1) is 33.0. The van der Waals surface area contributed by atoms with Gasteiger partial charge in [0.15, 0.2) is 6.10 Å². The Hall–Kier alpha value is -4.71. The number of carbonyl (C=O) groups is 3. The van der Waals surface area contributed by atoms with Crippen molar-refractivity contribution in [3.63, 3.8) is 0 Å². The lowest BCUT2D eigenvalue weighted by Gasteiger charge is -2.18. The van der Waals surface area contributed by atoms with E-state index in [9.17, 15) is 14.4 Å². The summed E-state index contributed by atoms with van der Waals surface area (Å²) in [7, 11) is 0. The van der Waals surface area contributed by atoms with Crippen molar-refractivity contribution >= 4 is 17.9 Å². The smallest absolute Gasteiger partial charge is 0.306 e. The molecule has 0 aromatic heterocycles. The SMILES string of the molecule is CC\C=C/C=C\C=C/CCCCCCCCCC(=O)OCC(COC(=O)CC/C=C\C/C=C\C/C=C\C/C=C\C/C=C\C/C=C\CC)OC(=O)CCCCCCCCC\C=C/C=C\C=C/CC. The summed E-state index contributed by atoms with van der Waals surface area (Å²) >= 11 is 0. The van der Waals surface area contributed by atoms with Crippen LogP contribution < -0.4 is 0 Å². The van der Waals surface area contributed by atoms with Gasteiger partial charge in [0.25, 0.3) is 0 Å². The molecule has 0 amide bonds. The van der Waals surface area contributed by atoms with E-state index in [1.165, 1.54) is 38.5 Å². The second kappa shape index (κ2) is 53.9. The minimum absolute atomic E-state index is 0.119. The van der Waals surface area contributed by atoms with Crippen molar-refractivity contribution in [2.24, 2.45) is 0 Å². The maximum absolute atomic E-state index is 12.8. The highest BCUT2D eigenvalue weighted by Crippen LogP contribution is 2.13. The van der Waals surface area contributed by atoms with Gasteiger partial charge in [0, 0.05) is 19.3 Å². The second-order valence-electron chi connectivity index (χ2n) is 16.8. The van der Waals surface area contributed by atoms with Crippen LogP contribution in [0.4, 0.5) is 0 Å². The molecule has 0 radical (unpaired) electrons. The van der Waals surface area contributed by atoms with Gasteiger partial charge in [-0.25, -0.2) is 0 Å². The molecule has 0 aliphatic heterocycles. The average molecular weight is 923 g/mol. The Morgan fingerprint density at radius 2 is 0.642 bits per heavy atom. The second-order valence-corrected chi connectivity index (χ2v) is 16.8. The Bertz CT molecular complexity index is 1530. The number of unbranched alkanes of at least 4 members (excludes halogenated alkanes) is 14. The standard InChI is InChI=1S/C61H94O6/c1-4-7-10-13-16-19-22-25-28-29-30-31-34-36-39-42-45-48-51-54-60(63)66-57-58(67-61(64)55-52-49-46-43-40-37-33-27-24-21-18-15-12-9-6-3)56-65-59(62)53-50-47-44-41-38-35-32-26-23-20-17-14-11-8-5-2/h7-12,14-21,23-25,28,30-31,36,39,45,48,58H,4-6,13,22,26-27,29,32-35,37-38,40-44,46-47,49-57H2,1-3H3/b10-7-,11-8-,12-9-,17-14-,18-15-,19-16-,23-20-,24-21-,28-25-,31-30-,39-36-,48-45-. The highest BCUT2D eigenvalue weighted by molar-refractivity contribution is 5.71. The fourth-order valence-electron chi connectivity index (χ4n) is 6.58. The quantitative estimate of drug-likeness (QED) is 0.0199. The Morgan fingerprint density at radius 1 is 0.313 bits per heavy atom. The minimum atomic E-state index is -0.826. The third kappa shape index (κ3) is 52.1. The predicted octanol–water partition coefficient (Wildman–Crippen LogP) is 17.6. The normalized spacial score (nSPS) is 13.3. The lowest BCUT2D eigenvalue weighted by molar-refractivity contribution is -0.166. The van der Waals surface area contributed by atoms with Crippen LogP contribution in [0.3, 0.4) is 0 Å². The van der Waals surface area contributed by atoms with E-state index < -0.39 is 6.10 Å². The molecular formula is C61H94O6. The van der Waals surface area contributed by atoms with E-state index >= 15 is 0 Å². The summed E-state index contributed by atoms with van der Waals surface area (Å²) < 4.78 is 16.7. The third-order valence-electron chi connectivity index (χ3n) is 10.5. The summed E-state index contributed by atoms with van der Waals surface area (Å²) in [5.41, 5.74) is 0. The monoisotopic (exact) mass is 923 g/mol. The van der Waals surface area contributed by atoms with Crippen LogP contribution in [-0.4, -0.2) is 37.2 Å². The lowest BCUT2D eigenvalue weighted by atomic mass is 10.1. The van der Waals surface area contributed by atoms with E-state index in [0.29, 0.717) is 12.8 Å². The Labute approximate surface area is 410 Å². The van der Waals surface area contributed by atoms with Gasteiger partial charge in [-0.3, -0.25) is 14.4 Å². The van der Waals surface area contributed by atoms with E-state index in [4.69, 9.17) is 14.2 Å². The fraction of sp³-hybridized carbons (Fsp3) is 0.557. The van der Waals surface area contributed by atoms with Gasteiger partial charge in [-0.1, -0.05) is 231 Å². The van der Waals surface area contributed by atoms with E-state index in [1.54, 1.807) is 0 Å². The first-order valence-electron chi connectivity index (χ1n) is 26.4. The van der Waals surface area contributed by atoms with Gasteiger partial charge in [-0.15, -0.1) is 0 Å². The number of rotatable bonds is 45. The number of hydrogen-bond acceptors (Lipinski definition) is 6. The van der Waals surface area contributed by atoms with Crippen LogP contribution >= 0.6 is 0 Å². The van der Waals surface area contributed by atoms with Crippen LogP contribution in [0.25, 0.3) is 0 Å². The van der Waals surface area contributed by atoms with Crippen molar-refractivity contribution in [1.82, 2.24) is 0 Å². The van der Waals surface area contributed by atoms with Crippen molar-refractivity contribution in [2.45, 2.75) is 207 Å². The van der Waals surface area contributed by atoms with E-state index in [0.717, 1.165) is 116 Å². The molecule has 0 aromatic carbocycles. The first kappa shape index (κ1) is 62.3. The van der Waals surface area contributed by atoms with Gasteiger partial charge in [0.05, 0.1) is 0 Å². The first-order valence-corrected chi connectivity index (χ1v) is 26.4. The number of esters is 3. The minimum Gasteiger partial charge on any atom is -0.462 e. The maximum Gasteiger partial charge on any atom is 0.306 e. The topological polar surface area (TPSA) is 78.9 Å². The Balaban J connectivity index is 4.56. The molecule has 0 aliphatic rings. The van der Waals surface area contributed by atoms with Gasteiger partial charge >= 0.3 is 17.9 Å². The van der Waals surface area contributed by atoms with E-state index in [1.807, 2.05) is 12.2 Å². The summed E-state index contributed by atoms with van der Waals surface area (Å²) in [6, 6.07) is 0. The molecule has 6 heteroatoms. The van der Waals surface area contributed by atoms with Crippen LogP contribution in [0.15, 0.2) is 146 Å². The Kier molecular flexibility index (Phi) is 50.1. The highest BCUT2D eigenvalue weighted by Gasteiger charge is 2.19.